The van der Waals surface area contributed by atoms with E-state index in [0.29, 0.717) is 10.6 Å². The quantitative estimate of drug-likeness (QED) is 0.234. The van der Waals surface area contributed by atoms with E-state index >= 15 is 0 Å². The minimum atomic E-state index is -1.51. The van der Waals surface area contributed by atoms with Gasteiger partial charge in [0.05, 0.1) is 22.8 Å². The van der Waals surface area contributed by atoms with Crippen molar-refractivity contribution in [2.75, 3.05) is 5.75 Å². The van der Waals surface area contributed by atoms with Gasteiger partial charge in [-0.15, -0.1) is 11.8 Å². The van der Waals surface area contributed by atoms with Crippen molar-refractivity contribution in [3.8, 4) is 0 Å². The van der Waals surface area contributed by atoms with E-state index in [1.165, 1.54) is 30.8 Å². The minimum Gasteiger partial charge on any atom is -0.543 e. The Hall–Kier alpha value is -4.52. The van der Waals surface area contributed by atoms with Gasteiger partial charge in [-0.3, -0.25) is 29.0 Å². The molecule has 2 aromatic rings. The van der Waals surface area contributed by atoms with Crippen LogP contribution in [0.3, 0.4) is 0 Å². The number of fused-ring (bicyclic) bond motifs is 2. The van der Waals surface area contributed by atoms with Gasteiger partial charge in [-0.1, -0.05) is 18.2 Å². The van der Waals surface area contributed by atoms with Crippen molar-refractivity contribution in [1.82, 2.24) is 15.1 Å². The highest BCUT2D eigenvalue weighted by molar-refractivity contribution is 8.00. The van der Waals surface area contributed by atoms with Gasteiger partial charge in [-0.25, -0.2) is 4.79 Å². The number of carbonyl (C=O) groups excluding carboxylic acids is 5. The lowest BCUT2D eigenvalue weighted by atomic mass is 9.88. The number of carbonyl (C=O) groups is 6. The lowest BCUT2D eigenvalue weighted by Crippen LogP contribution is -2.79. The van der Waals surface area contributed by atoms with E-state index in [1.807, 2.05) is 0 Å². The Kier molecular flexibility index (Phi) is 6.92. The maximum absolute atomic E-state index is 13.2. The van der Waals surface area contributed by atoms with Gasteiger partial charge in [0.25, 0.3) is 17.7 Å². The number of hydrogen-bond donors (Lipinski definition) is 2. The molecule has 0 radical (unpaired) electrons. The van der Waals surface area contributed by atoms with E-state index < -0.39 is 52.5 Å². The molecule has 1 aromatic carbocycles. The molecule has 1 unspecified atom stereocenters. The molecule has 13 heteroatoms. The topological polar surface area (TPSA) is 168 Å². The second kappa shape index (κ2) is 10.2. The van der Waals surface area contributed by atoms with Crippen molar-refractivity contribution in [2.45, 2.75) is 43.1 Å². The molecule has 4 amide bonds. The van der Waals surface area contributed by atoms with Crippen LogP contribution in [0, 0.1) is 0 Å². The maximum atomic E-state index is 13.2. The van der Waals surface area contributed by atoms with Gasteiger partial charge < -0.3 is 20.3 Å². The first kappa shape index (κ1) is 27.1. The van der Waals surface area contributed by atoms with Gasteiger partial charge in [0.2, 0.25) is 11.6 Å². The first-order chi connectivity index (χ1) is 19.1. The zero-order valence-corrected chi connectivity index (χ0v) is 22.1. The van der Waals surface area contributed by atoms with Crippen LogP contribution in [-0.4, -0.2) is 73.2 Å². The van der Waals surface area contributed by atoms with Crippen LogP contribution in [0.5, 0.6) is 0 Å². The van der Waals surface area contributed by atoms with E-state index in [0.717, 1.165) is 4.90 Å². The second-order valence-electron chi connectivity index (χ2n) is 9.73. The van der Waals surface area contributed by atoms with Gasteiger partial charge in [0, 0.05) is 18.6 Å². The highest BCUT2D eigenvalue weighted by atomic mass is 32.2. The Labute approximate surface area is 232 Å². The summed E-state index contributed by atoms with van der Waals surface area (Å²) in [4.78, 5) is 77.2. The molecule has 2 N–H and O–H groups in total. The van der Waals surface area contributed by atoms with Crippen LogP contribution in [0.25, 0.3) is 5.70 Å². The summed E-state index contributed by atoms with van der Waals surface area (Å²) in [5.74, 6) is -5.21. The third kappa shape index (κ3) is 4.31. The number of carboxylic acid groups (broad SMARTS) is 2. The number of nitrogens with one attached hydrogen (secondary N) is 1. The van der Waals surface area contributed by atoms with Gasteiger partial charge >= 0.3 is 5.97 Å². The SMILES string of the molecule is C[C@@]1(NC(=O)CCCC(C(=O)O)N2C(=O)c3ccccc3C2=O)C(=O)N2C(C(=O)[O-])=C([n+]3ccccc3)CS[C@H]21. The van der Waals surface area contributed by atoms with Crippen LogP contribution in [-0.2, 0) is 19.2 Å². The Balaban J connectivity index is 1.23. The molecular weight excluding hydrogens is 540 g/mol. The van der Waals surface area contributed by atoms with Crippen molar-refractivity contribution in [1.29, 1.82) is 0 Å². The Morgan fingerprint density at radius 1 is 1.10 bits per heavy atom. The number of hydrogen-bond acceptors (Lipinski definition) is 8. The molecule has 4 heterocycles. The van der Waals surface area contributed by atoms with Crippen LogP contribution < -0.4 is 15.0 Å². The largest absolute Gasteiger partial charge is 0.543 e. The van der Waals surface area contributed by atoms with Crippen LogP contribution in [0.1, 0.15) is 46.9 Å². The summed E-state index contributed by atoms with van der Waals surface area (Å²) < 4.78 is 1.60. The number of β-lactam (4-membered cyclic amide) rings is 1. The average Bonchev–Trinajstić information content (AvgIpc) is 3.19. The van der Waals surface area contributed by atoms with Gasteiger partial charge in [-0.05, 0) is 31.9 Å². The molecule has 5 rings (SSSR count). The molecule has 3 aliphatic rings. The van der Waals surface area contributed by atoms with E-state index in [1.54, 1.807) is 47.3 Å². The van der Waals surface area contributed by atoms with Crippen LogP contribution >= 0.6 is 11.8 Å². The Morgan fingerprint density at radius 3 is 2.30 bits per heavy atom. The number of aliphatic carboxylic acids is 2. The molecule has 1 saturated heterocycles. The van der Waals surface area contributed by atoms with E-state index in [9.17, 15) is 39.0 Å². The van der Waals surface area contributed by atoms with Crippen LogP contribution in [0.4, 0.5) is 0 Å². The van der Waals surface area contributed by atoms with Crippen molar-refractivity contribution < 1.29 is 43.5 Å². The lowest BCUT2D eigenvalue weighted by molar-refractivity contribution is -0.582. The number of benzene rings is 1. The highest BCUT2D eigenvalue weighted by Gasteiger charge is 2.62. The number of carboxylic acids is 2. The Morgan fingerprint density at radius 2 is 1.73 bits per heavy atom. The highest BCUT2D eigenvalue weighted by Crippen LogP contribution is 2.46. The smallest absolute Gasteiger partial charge is 0.326 e. The molecule has 0 bridgehead atoms. The predicted molar refractivity (Wildman–Crippen MR) is 137 cm³/mol. The summed E-state index contributed by atoms with van der Waals surface area (Å²) in [5.41, 5.74) is -1.02. The first-order valence-electron chi connectivity index (χ1n) is 12.4. The molecule has 0 aliphatic carbocycles. The van der Waals surface area contributed by atoms with Crippen LogP contribution in [0.2, 0.25) is 0 Å². The summed E-state index contributed by atoms with van der Waals surface area (Å²) in [5, 5.41) is 23.7. The molecule has 0 spiro atoms. The zero-order chi connectivity index (χ0) is 28.8. The lowest BCUT2D eigenvalue weighted by Gasteiger charge is -2.55. The molecule has 3 aliphatic heterocycles. The standard InChI is InChI=1S/C27H24N4O8S/c1-27(25(39)31-20(24(37)38)18(14-40-26(27)31)29-12-5-2-6-13-29)28-19(32)11-7-10-17(23(35)36)30-21(33)15-8-3-4-9-16(15)22(30)34/h2-6,8-9,12-13,17,26H,7,10-11,14H2,1H3,(H2-,28,32,35,36,37,38)/t17?,26-,27+/m0/s1. The molecule has 1 aromatic heterocycles. The van der Waals surface area contributed by atoms with Crippen molar-refractivity contribution in [3.05, 3.63) is 71.7 Å². The van der Waals surface area contributed by atoms with E-state index in [2.05, 4.69) is 5.32 Å². The summed E-state index contributed by atoms with van der Waals surface area (Å²) >= 11 is 1.29. The van der Waals surface area contributed by atoms with Crippen molar-refractivity contribution in [2.24, 2.45) is 0 Å². The molecule has 206 valence electrons. The van der Waals surface area contributed by atoms with Gasteiger partial charge in [-0.2, -0.15) is 4.57 Å². The summed E-state index contributed by atoms with van der Waals surface area (Å²) in [6.07, 6.45) is 2.99. The van der Waals surface area contributed by atoms with Gasteiger partial charge in [0.1, 0.15) is 22.7 Å². The van der Waals surface area contributed by atoms with Gasteiger partial charge in [0.15, 0.2) is 12.4 Å². The third-order valence-corrected chi connectivity index (χ3v) is 8.65. The molecular formula is C27H24N4O8S. The monoisotopic (exact) mass is 564 g/mol. The summed E-state index contributed by atoms with van der Waals surface area (Å²) in [6.45, 7) is 1.51. The second-order valence-corrected chi connectivity index (χ2v) is 10.8. The number of pyridine rings is 1. The predicted octanol–water partition coefficient (Wildman–Crippen LogP) is -0.398. The summed E-state index contributed by atoms with van der Waals surface area (Å²) in [7, 11) is 0. The number of thioether (sulfide) groups is 1. The normalized spacial score (nSPS) is 22.4. The number of imide groups is 1. The van der Waals surface area contributed by atoms with Crippen molar-refractivity contribution >= 4 is 53.0 Å². The fraction of sp³-hybridized carbons (Fsp3) is 0.296. The Bertz CT molecular complexity index is 1460. The molecule has 3 atom stereocenters. The third-order valence-electron chi connectivity index (χ3n) is 7.21. The number of rotatable bonds is 9. The minimum absolute atomic E-state index is 0.0149. The number of nitrogens with zero attached hydrogens (tertiary/aromatic N) is 3. The fourth-order valence-electron chi connectivity index (χ4n) is 5.25. The van der Waals surface area contributed by atoms with Crippen molar-refractivity contribution in [3.63, 3.8) is 0 Å². The molecule has 1 fully saturated rings. The fourth-order valence-corrected chi connectivity index (χ4v) is 6.69. The average molecular weight is 565 g/mol. The molecule has 0 saturated carbocycles. The number of amides is 4. The van der Waals surface area contributed by atoms with Crippen LogP contribution in [0.15, 0.2) is 60.6 Å². The van der Waals surface area contributed by atoms with E-state index in [-0.39, 0.29) is 41.8 Å². The van der Waals surface area contributed by atoms with E-state index in [4.69, 9.17) is 0 Å². The maximum Gasteiger partial charge on any atom is 0.326 e. The molecule has 12 nitrogen and oxygen atoms in total. The summed E-state index contributed by atoms with van der Waals surface area (Å²) in [6, 6.07) is 9.82. The number of aromatic nitrogens is 1. The molecule has 40 heavy (non-hydrogen) atoms. The first-order valence-corrected chi connectivity index (χ1v) is 13.5. The zero-order valence-electron chi connectivity index (χ0n) is 21.2.